The Balaban J connectivity index is 1.98. The van der Waals surface area contributed by atoms with Gasteiger partial charge in [0.15, 0.2) is 5.76 Å². The second-order valence-electron chi connectivity index (χ2n) is 3.01. The molecule has 0 fully saturated rings. The van der Waals surface area contributed by atoms with Crippen molar-refractivity contribution in [3.05, 3.63) is 47.1 Å². The molecule has 2 aromatic rings. The zero-order chi connectivity index (χ0) is 11.4. The van der Waals surface area contributed by atoms with Gasteiger partial charge < -0.3 is 9.84 Å². The van der Waals surface area contributed by atoms with Crippen molar-refractivity contribution in [2.45, 2.75) is 6.54 Å². The number of rotatable bonds is 3. The maximum absolute atomic E-state index is 11.6. The summed E-state index contributed by atoms with van der Waals surface area (Å²) in [5.74, 6) is 0.272. The third-order valence-corrected chi connectivity index (χ3v) is 2.07. The summed E-state index contributed by atoms with van der Waals surface area (Å²) in [5.41, 5.74) is 0.270. The van der Waals surface area contributed by atoms with Crippen LogP contribution in [0.15, 0.2) is 35.0 Å². The summed E-state index contributed by atoms with van der Waals surface area (Å²) < 4.78 is 4.83. The first-order chi connectivity index (χ1) is 7.75. The molecule has 0 aliphatic carbocycles. The summed E-state index contributed by atoms with van der Waals surface area (Å²) in [5, 5.41) is 6.44. The molecular formula is C10H8ClN3O2. The van der Waals surface area contributed by atoms with Gasteiger partial charge in [0.2, 0.25) is 0 Å². The molecule has 82 valence electrons. The number of aromatic nitrogens is 2. The van der Waals surface area contributed by atoms with Gasteiger partial charge in [-0.15, -0.1) is 0 Å². The van der Waals surface area contributed by atoms with E-state index in [-0.39, 0.29) is 23.3 Å². The fourth-order valence-electron chi connectivity index (χ4n) is 1.13. The van der Waals surface area contributed by atoms with Gasteiger partial charge in [-0.1, -0.05) is 22.8 Å². The fourth-order valence-corrected chi connectivity index (χ4v) is 1.29. The van der Waals surface area contributed by atoms with E-state index in [9.17, 15) is 4.79 Å². The highest BCUT2D eigenvalue weighted by Gasteiger charge is 2.07. The summed E-state index contributed by atoms with van der Waals surface area (Å²) in [6.07, 6.45) is 1.51. The van der Waals surface area contributed by atoms with E-state index in [0.717, 1.165) is 0 Å². The molecule has 0 aliphatic heterocycles. The molecule has 0 aromatic carbocycles. The topological polar surface area (TPSA) is 68.0 Å². The predicted molar refractivity (Wildman–Crippen MR) is 56.9 cm³/mol. The largest absolute Gasteiger partial charge is 0.360 e. The van der Waals surface area contributed by atoms with Crippen molar-refractivity contribution in [3.8, 4) is 0 Å². The van der Waals surface area contributed by atoms with Crippen molar-refractivity contribution in [2.24, 2.45) is 0 Å². The quantitative estimate of drug-likeness (QED) is 0.825. The third kappa shape index (κ3) is 2.58. The summed E-state index contributed by atoms with van der Waals surface area (Å²) in [7, 11) is 0. The molecule has 16 heavy (non-hydrogen) atoms. The highest BCUT2D eigenvalue weighted by Crippen LogP contribution is 2.05. The van der Waals surface area contributed by atoms with Gasteiger partial charge in [-0.2, -0.15) is 0 Å². The van der Waals surface area contributed by atoms with Gasteiger partial charge in [-0.3, -0.25) is 4.79 Å². The summed E-state index contributed by atoms with van der Waals surface area (Å²) >= 11 is 5.67. The zero-order valence-corrected chi connectivity index (χ0v) is 8.94. The number of hydrogen-bond donors (Lipinski definition) is 1. The number of carbonyl (C=O) groups is 1. The number of carbonyl (C=O) groups excluding carboxylic acids is 1. The minimum Gasteiger partial charge on any atom is -0.360 e. The lowest BCUT2D eigenvalue weighted by Gasteiger charge is -2.01. The number of halogens is 1. The monoisotopic (exact) mass is 237 g/mol. The molecule has 5 nitrogen and oxygen atoms in total. The van der Waals surface area contributed by atoms with E-state index in [0.29, 0.717) is 5.76 Å². The first-order valence-corrected chi connectivity index (χ1v) is 4.94. The highest BCUT2D eigenvalue weighted by molar-refractivity contribution is 6.29. The van der Waals surface area contributed by atoms with Crippen molar-refractivity contribution in [2.75, 3.05) is 0 Å². The highest BCUT2D eigenvalue weighted by atomic mass is 35.5. The second-order valence-corrected chi connectivity index (χ2v) is 3.39. The summed E-state index contributed by atoms with van der Waals surface area (Å²) in [6.45, 7) is 0.271. The van der Waals surface area contributed by atoms with Gasteiger partial charge >= 0.3 is 0 Å². The number of nitrogens with zero attached hydrogens (tertiary/aromatic N) is 2. The average molecular weight is 238 g/mol. The Hall–Kier alpha value is -1.88. The number of nitrogens with one attached hydrogen (secondary N) is 1. The Morgan fingerprint density at radius 3 is 3.00 bits per heavy atom. The maximum atomic E-state index is 11.6. The molecule has 0 atom stereocenters. The fraction of sp³-hybridized carbons (Fsp3) is 0.100. The normalized spacial score (nSPS) is 10.1. The smallest absolute Gasteiger partial charge is 0.270 e. The molecule has 6 heteroatoms. The predicted octanol–water partition coefficient (Wildman–Crippen LogP) is 1.65. The Morgan fingerprint density at radius 1 is 1.44 bits per heavy atom. The minimum atomic E-state index is -0.307. The molecule has 0 bridgehead atoms. The summed E-state index contributed by atoms with van der Waals surface area (Å²) in [4.78, 5) is 15.5. The van der Waals surface area contributed by atoms with Crippen molar-refractivity contribution in [1.82, 2.24) is 15.5 Å². The molecule has 0 saturated heterocycles. The number of hydrogen-bond acceptors (Lipinski definition) is 4. The van der Waals surface area contributed by atoms with Crippen LogP contribution in [0.5, 0.6) is 0 Å². The van der Waals surface area contributed by atoms with Crippen molar-refractivity contribution in [1.29, 1.82) is 0 Å². The molecule has 1 amide bonds. The number of amides is 1. The second kappa shape index (κ2) is 4.76. The van der Waals surface area contributed by atoms with E-state index in [1.54, 1.807) is 24.3 Å². The molecular weight excluding hydrogens is 230 g/mol. The van der Waals surface area contributed by atoms with E-state index >= 15 is 0 Å². The van der Waals surface area contributed by atoms with Crippen LogP contribution in [0.25, 0.3) is 0 Å². The average Bonchev–Trinajstić information content (AvgIpc) is 2.78. The van der Waals surface area contributed by atoms with E-state index in [1.165, 1.54) is 6.20 Å². The van der Waals surface area contributed by atoms with Crippen LogP contribution < -0.4 is 5.32 Å². The van der Waals surface area contributed by atoms with Gasteiger partial charge in [-0.25, -0.2) is 4.98 Å². The molecule has 0 radical (unpaired) electrons. The molecule has 1 N–H and O–H groups in total. The minimum absolute atomic E-state index is 0.270. The van der Waals surface area contributed by atoms with Crippen LogP contribution in [0.2, 0.25) is 5.15 Å². The van der Waals surface area contributed by atoms with E-state index in [1.807, 2.05) is 0 Å². The van der Waals surface area contributed by atoms with Crippen LogP contribution in [0.1, 0.15) is 16.2 Å². The van der Waals surface area contributed by atoms with Crippen LogP contribution in [-0.4, -0.2) is 16.0 Å². The first kappa shape index (κ1) is 10.6. The van der Waals surface area contributed by atoms with Gasteiger partial charge in [0, 0.05) is 6.07 Å². The van der Waals surface area contributed by atoms with Crippen LogP contribution in [0, 0.1) is 0 Å². The molecule has 2 heterocycles. The lowest BCUT2D eigenvalue weighted by Crippen LogP contribution is -2.23. The van der Waals surface area contributed by atoms with E-state index in [2.05, 4.69) is 15.5 Å². The van der Waals surface area contributed by atoms with Gasteiger partial charge in [-0.05, 0) is 12.1 Å². The lowest BCUT2D eigenvalue weighted by molar-refractivity contribution is 0.0942. The third-order valence-electron chi connectivity index (χ3n) is 1.86. The Labute approximate surface area is 96.4 Å². The van der Waals surface area contributed by atoms with Crippen LogP contribution >= 0.6 is 11.6 Å². The molecule has 2 rings (SSSR count). The Kier molecular flexibility index (Phi) is 3.16. The summed E-state index contributed by atoms with van der Waals surface area (Å²) in [6, 6.07) is 6.53. The zero-order valence-electron chi connectivity index (χ0n) is 8.18. The van der Waals surface area contributed by atoms with Crippen LogP contribution in [0.3, 0.4) is 0 Å². The SMILES string of the molecule is O=C(NCc1ccno1)c1cccc(Cl)n1. The molecule has 0 aliphatic rings. The Morgan fingerprint density at radius 2 is 2.31 bits per heavy atom. The van der Waals surface area contributed by atoms with E-state index in [4.69, 9.17) is 16.1 Å². The number of pyridine rings is 1. The molecule has 0 unspecified atom stereocenters. The molecule has 0 saturated carbocycles. The lowest BCUT2D eigenvalue weighted by atomic mass is 10.3. The standard InChI is InChI=1S/C10H8ClN3O2/c11-9-3-1-2-8(14-9)10(15)12-6-7-4-5-13-16-7/h1-5H,6H2,(H,12,15). The maximum Gasteiger partial charge on any atom is 0.270 e. The molecule has 0 spiro atoms. The van der Waals surface area contributed by atoms with Crippen molar-refractivity contribution >= 4 is 17.5 Å². The van der Waals surface area contributed by atoms with Crippen LogP contribution in [-0.2, 0) is 6.54 Å². The first-order valence-electron chi connectivity index (χ1n) is 4.56. The van der Waals surface area contributed by atoms with E-state index < -0.39 is 0 Å². The van der Waals surface area contributed by atoms with Gasteiger partial charge in [0.05, 0.1) is 12.7 Å². The van der Waals surface area contributed by atoms with Crippen LogP contribution in [0.4, 0.5) is 0 Å². The Bertz CT molecular complexity index is 485. The van der Waals surface area contributed by atoms with Crippen molar-refractivity contribution in [3.63, 3.8) is 0 Å². The van der Waals surface area contributed by atoms with Crippen molar-refractivity contribution < 1.29 is 9.32 Å². The molecule has 2 aromatic heterocycles. The van der Waals surface area contributed by atoms with Gasteiger partial charge in [0.1, 0.15) is 10.8 Å². The van der Waals surface area contributed by atoms with Gasteiger partial charge in [0.25, 0.3) is 5.91 Å².